The monoisotopic (exact) mass is 350 g/mol. The molecule has 1 N–H and O–H groups in total. The molecule has 2 rings (SSSR count). The number of piperazine rings is 1. The molecule has 0 aliphatic carbocycles. The predicted octanol–water partition coefficient (Wildman–Crippen LogP) is 3.59. The summed E-state index contributed by atoms with van der Waals surface area (Å²) in [7, 11) is 1.49. The van der Waals surface area contributed by atoms with Gasteiger partial charge in [-0.05, 0) is 31.0 Å². The number of nitrogens with zero attached hydrogens (tertiary/aromatic N) is 1. The van der Waals surface area contributed by atoms with Crippen molar-refractivity contribution in [2.24, 2.45) is 0 Å². The van der Waals surface area contributed by atoms with Crippen LogP contribution in [0.25, 0.3) is 0 Å². The van der Waals surface area contributed by atoms with Gasteiger partial charge in [0.05, 0.1) is 7.11 Å². The Hall–Kier alpha value is -0.810. The lowest BCUT2D eigenvalue weighted by atomic mass is 9.97. The zero-order chi connectivity index (χ0) is 14.5. The maximum Gasteiger partial charge on any atom is 0.165 e. The van der Waals surface area contributed by atoms with Crippen molar-refractivity contribution in [2.75, 3.05) is 33.3 Å². The second kappa shape index (κ2) is 10.1. The van der Waals surface area contributed by atoms with Gasteiger partial charge in [-0.25, -0.2) is 4.39 Å². The molecule has 1 aromatic carbocycles. The second-order valence-corrected chi connectivity index (χ2v) is 5.36. The number of methoxy groups -OCH3 is 1. The SMILES string of the molecule is C=C(C)C[C@@H](c1ccc(OC)c(F)c1)N1CCNCC1.Cl.Cl. The van der Waals surface area contributed by atoms with Gasteiger partial charge in [0.15, 0.2) is 11.6 Å². The summed E-state index contributed by atoms with van der Waals surface area (Å²) in [6.45, 7) is 9.94. The van der Waals surface area contributed by atoms with Crippen molar-refractivity contribution in [3.8, 4) is 5.75 Å². The summed E-state index contributed by atoms with van der Waals surface area (Å²) in [5.74, 6) is -0.00464. The van der Waals surface area contributed by atoms with E-state index in [0.717, 1.165) is 43.7 Å². The van der Waals surface area contributed by atoms with E-state index in [-0.39, 0.29) is 36.7 Å². The van der Waals surface area contributed by atoms with Gasteiger partial charge in [-0.3, -0.25) is 4.90 Å². The predicted molar refractivity (Wildman–Crippen MR) is 94.1 cm³/mol. The van der Waals surface area contributed by atoms with Gasteiger partial charge in [0, 0.05) is 32.2 Å². The summed E-state index contributed by atoms with van der Waals surface area (Å²) >= 11 is 0. The normalized spacial score (nSPS) is 16.1. The molecule has 6 heteroatoms. The van der Waals surface area contributed by atoms with E-state index in [1.165, 1.54) is 7.11 Å². The number of hydrogen-bond donors (Lipinski definition) is 1. The number of ether oxygens (including phenoxy) is 1. The van der Waals surface area contributed by atoms with E-state index < -0.39 is 0 Å². The van der Waals surface area contributed by atoms with Crippen molar-refractivity contribution < 1.29 is 9.13 Å². The number of nitrogens with one attached hydrogen (secondary N) is 1. The summed E-state index contributed by atoms with van der Waals surface area (Å²) in [5, 5.41) is 3.35. The van der Waals surface area contributed by atoms with Gasteiger partial charge in [0.2, 0.25) is 0 Å². The lowest BCUT2D eigenvalue weighted by molar-refractivity contribution is 0.172. The van der Waals surface area contributed by atoms with Crippen molar-refractivity contribution in [3.63, 3.8) is 0 Å². The molecule has 3 nitrogen and oxygen atoms in total. The first-order chi connectivity index (χ1) is 9.61. The molecule has 0 spiro atoms. The zero-order valence-electron chi connectivity index (χ0n) is 13.1. The van der Waals surface area contributed by atoms with Crippen LogP contribution >= 0.6 is 24.8 Å². The van der Waals surface area contributed by atoms with Gasteiger partial charge < -0.3 is 10.1 Å². The number of benzene rings is 1. The van der Waals surface area contributed by atoms with Crippen molar-refractivity contribution in [3.05, 3.63) is 41.7 Å². The fourth-order valence-electron chi connectivity index (χ4n) is 2.67. The average molecular weight is 351 g/mol. The Morgan fingerprint density at radius 1 is 1.36 bits per heavy atom. The number of hydrogen-bond acceptors (Lipinski definition) is 3. The first kappa shape index (κ1) is 21.2. The van der Waals surface area contributed by atoms with Crippen LogP contribution in [0.2, 0.25) is 0 Å². The van der Waals surface area contributed by atoms with Crippen LogP contribution in [0.1, 0.15) is 24.9 Å². The lowest BCUT2D eigenvalue weighted by Gasteiger charge is -2.35. The highest BCUT2D eigenvalue weighted by Crippen LogP contribution is 2.30. The Kier molecular flexibility index (Phi) is 9.69. The Morgan fingerprint density at radius 2 is 2.00 bits per heavy atom. The van der Waals surface area contributed by atoms with Crippen LogP contribution in [-0.4, -0.2) is 38.2 Å². The highest BCUT2D eigenvalue weighted by molar-refractivity contribution is 5.85. The lowest BCUT2D eigenvalue weighted by Crippen LogP contribution is -2.45. The quantitative estimate of drug-likeness (QED) is 0.821. The minimum absolute atomic E-state index is 0. The molecule has 1 heterocycles. The van der Waals surface area contributed by atoms with Crippen molar-refractivity contribution in [1.82, 2.24) is 10.2 Å². The minimum atomic E-state index is -0.299. The summed E-state index contributed by atoms with van der Waals surface area (Å²) in [5.41, 5.74) is 2.11. The molecule has 1 saturated heterocycles. The van der Waals surface area contributed by atoms with Crippen LogP contribution in [0.5, 0.6) is 5.75 Å². The molecule has 0 amide bonds. The van der Waals surface area contributed by atoms with Crippen molar-refractivity contribution in [1.29, 1.82) is 0 Å². The smallest absolute Gasteiger partial charge is 0.165 e. The largest absolute Gasteiger partial charge is 0.494 e. The zero-order valence-corrected chi connectivity index (χ0v) is 14.7. The molecule has 1 aliphatic heterocycles. The topological polar surface area (TPSA) is 24.5 Å². The highest BCUT2D eigenvalue weighted by Gasteiger charge is 2.23. The van der Waals surface area contributed by atoms with Gasteiger partial charge in [-0.2, -0.15) is 0 Å². The molecule has 0 bridgehead atoms. The van der Waals surface area contributed by atoms with Crippen molar-refractivity contribution in [2.45, 2.75) is 19.4 Å². The molecule has 22 heavy (non-hydrogen) atoms. The van der Waals surface area contributed by atoms with Crippen LogP contribution in [0.15, 0.2) is 30.4 Å². The molecule has 0 unspecified atom stereocenters. The van der Waals surface area contributed by atoms with Gasteiger partial charge in [0.25, 0.3) is 0 Å². The summed E-state index contributed by atoms with van der Waals surface area (Å²) in [6, 6.07) is 5.44. The fourth-order valence-corrected chi connectivity index (χ4v) is 2.67. The summed E-state index contributed by atoms with van der Waals surface area (Å²) in [6.07, 6.45) is 0.853. The van der Waals surface area contributed by atoms with Gasteiger partial charge >= 0.3 is 0 Å². The molecular formula is C16H25Cl2FN2O. The maximum absolute atomic E-state index is 13.9. The first-order valence-electron chi connectivity index (χ1n) is 7.04. The molecule has 1 aromatic rings. The maximum atomic E-state index is 13.9. The van der Waals surface area contributed by atoms with E-state index in [2.05, 4.69) is 16.8 Å². The van der Waals surface area contributed by atoms with Gasteiger partial charge in [-0.1, -0.05) is 11.6 Å². The number of halogens is 3. The van der Waals surface area contributed by atoms with E-state index in [0.29, 0.717) is 5.75 Å². The summed E-state index contributed by atoms with van der Waals surface area (Å²) in [4.78, 5) is 2.40. The Labute approximate surface area is 144 Å². The van der Waals surface area contributed by atoms with Crippen LogP contribution in [0.4, 0.5) is 4.39 Å². The third kappa shape index (κ3) is 5.43. The van der Waals surface area contributed by atoms with Gasteiger partial charge in [0.1, 0.15) is 0 Å². The molecule has 0 radical (unpaired) electrons. The highest BCUT2D eigenvalue weighted by atomic mass is 35.5. The third-order valence-electron chi connectivity index (χ3n) is 3.69. The van der Waals surface area contributed by atoms with Gasteiger partial charge in [-0.15, -0.1) is 31.4 Å². The molecule has 0 aromatic heterocycles. The standard InChI is InChI=1S/C16H23FN2O.2ClH/c1-12(2)10-15(19-8-6-18-7-9-19)13-4-5-16(20-3)14(17)11-13;;/h4-5,11,15,18H,1,6-10H2,2-3H3;2*1H/t15-;;/m0../s1. The Morgan fingerprint density at radius 3 is 2.50 bits per heavy atom. The Balaban J connectivity index is 0.00000220. The van der Waals surface area contributed by atoms with E-state index in [1.54, 1.807) is 12.1 Å². The van der Waals surface area contributed by atoms with Crippen LogP contribution in [0.3, 0.4) is 0 Å². The summed E-state index contributed by atoms with van der Waals surface area (Å²) < 4.78 is 18.9. The van der Waals surface area contributed by atoms with E-state index in [4.69, 9.17) is 4.74 Å². The van der Waals surface area contributed by atoms with Crippen molar-refractivity contribution >= 4 is 24.8 Å². The molecular weight excluding hydrogens is 326 g/mol. The first-order valence-corrected chi connectivity index (χ1v) is 7.04. The number of rotatable bonds is 5. The van der Waals surface area contributed by atoms with E-state index >= 15 is 0 Å². The van der Waals surface area contributed by atoms with Crippen LogP contribution < -0.4 is 10.1 Å². The molecule has 1 fully saturated rings. The van der Waals surface area contributed by atoms with Crippen LogP contribution in [-0.2, 0) is 0 Å². The van der Waals surface area contributed by atoms with Crippen LogP contribution in [0, 0.1) is 5.82 Å². The second-order valence-electron chi connectivity index (χ2n) is 5.36. The van der Waals surface area contributed by atoms with E-state index in [1.807, 2.05) is 13.0 Å². The Bertz CT molecular complexity index is 479. The minimum Gasteiger partial charge on any atom is -0.494 e. The molecule has 0 saturated carbocycles. The van der Waals surface area contributed by atoms with E-state index in [9.17, 15) is 4.39 Å². The molecule has 1 aliphatic rings. The fraction of sp³-hybridized carbons (Fsp3) is 0.500. The molecule has 1 atom stereocenters. The third-order valence-corrected chi connectivity index (χ3v) is 3.69. The molecule has 126 valence electrons. The average Bonchev–Trinajstić information content (AvgIpc) is 2.45.